The molecule has 106 valence electrons. The molecule has 0 aromatic heterocycles. The molecule has 5 nitrogen and oxygen atoms in total. The molecule has 19 heavy (non-hydrogen) atoms. The van der Waals surface area contributed by atoms with Gasteiger partial charge in [-0.3, -0.25) is 4.21 Å². The van der Waals surface area contributed by atoms with Crippen molar-refractivity contribution < 1.29 is 17.7 Å². The van der Waals surface area contributed by atoms with Gasteiger partial charge < -0.3 is 5.11 Å². The lowest BCUT2D eigenvalue weighted by atomic mass is 10.1. The zero-order chi connectivity index (χ0) is 14.0. The first-order valence-corrected chi connectivity index (χ1v) is 8.94. The molecule has 1 fully saturated rings. The van der Waals surface area contributed by atoms with Crippen LogP contribution in [0.4, 0.5) is 0 Å². The standard InChI is InChI=1S/C12H17NO4S2/c1-10-11(9-14)3-2-4-12(10)19(16,17)13-5-7-18(15)8-6-13/h2-4,14H,5-9H2,1H3. The van der Waals surface area contributed by atoms with Gasteiger partial charge in [-0.15, -0.1) is 0 Å². The van der Waals surface area contributed by atoms with Crippen molar-refractivity contribution in [1.82, 2.24) is 4.31 Å². The van der Waals surface area contributed by atoms with Crippen LogP contribution < -0.4 is 0 Å². The summed E-state index contributed by atoms with van der Waals surface area (Å²) in [5.41, 5.74) is 1.19. The third-order valence-electron chi connectivity index (χ3n) is 3.32. The molecule has 0 spiro atoms. The Morgan fingerprint density at radius 2 is 1.95 bits per heavy atom. The number of benzene rings is 1. The summed E-state index contributed by atoms with van der Waals surface area (Å²) < 4.78 is 37.7. The van der Waals surface area contributed by atoms with E-state index in [0.717, 1.165) is 0 Å². The SMILES string of the molecule is Cc1c(CO)cccc1S(=O)(=O)N1CCS(=O)CC1. The van der Waals surface area contributed by atoms with E-state index in [9.17, 15) is 17.7 Å². The monoisotopic (exact) mass is 303 g/mol. The molecule has 0 aliphatic carbocycles. The zero-order valence-corrected chi connectivity index (χ0v) is 12.3. The second-order valence-electron chi connectivity index (χ2n) is 4.45. The fourth-order valence-electron chi connectivity index (χ4n) is 2.11. The highest BCUT2D eigenvalue weighted by Gasteiger charge is 2.29. The molecule has 1 aliphatic heterocycles. The Kier molecular flexibility index (Phi) is 4.39. The van der Waals surface area contributed by atoms with Gasteiger partial charge in [0.15, 0.2) is 0 Å². The number of nitrogens with zero attached hydrogens (tertiary/aromatic N) is 1. The van der Waals surface area contributed by atoms with E-state index in [1.54, 1.807) is 25.1 Å². The van der Waals surface area contributed by atoms with Crippen molar-refractivity contribution in [2.75, 3.05) is 24.6 Å². The molecule has 2 rings (SSSR count). The third-order valence-corrected chi connectivity index (χ3v) is 6.64. The largest absolute Gasteiger partial charge is 0.392 e. The molecule has 0 bridgehead atoms. The molecule has 0 radical (unpaired) electrons. The van der Waals surface area contributed by atoms with Crippen LogP contribution in [0.5, 0.6) is 0 Å². The normalized spacial score (nSPS) is 18.6. The second kappa shape index (κ2) is 5.70. The molecule has 0 amide bonds. The van der Waals surface area contributed by atoms with Crippen molar-refractivity contribution in [3.05, 3.63) is 29.3 Å². The van der Waals surface area contributed by atoms with E-state index in [0.29, 0.717) is 22.6 Å². The highest BCUT2D eigenvalue weighted by molar-refractivity contribution is 7.89. The van der Waals surface area contributed by atoms with Gasteiger partial charge >= 0.3 is 0 Å². The van der Waals surface area contributed by atoms with E-state index in [4.69, 9.17) is 0 Å². The third kappa shape index (κ3) is 2.89. The Bertz CT molecular complexity index is 588. The fraction of sp³-hybridized carbons (Fsp3) is 0.500. The van der Waals surface area contributed by atoms with E-state index < -0.39 is 20.8 Å². The molecular formula is C12H17NO4S2. The maximum atomic E-state index is 12.5. The van der Waals surface area contributed by atoms with Crippen LogP contribution in [0.3, 0.4) is 0 Å². The van der Waals surface area contributed by atoms with Gasteiger partial charge in [0.1, 0.15) is 0 Å². The minimum atomic E-state index is -3.56. The van der Waals surface area contributed by atoms with E-state index in [1.165, 1.54) is 4.31 Å². The number of hydrogen-bond acceptors (Lipinski definition) is 4. The predicted molar refractivity (Wildman–Crippen MR) is 73.7 cm³/mol. The zero-order valence-electron chi connectivity index (χ0n) is 10.7. The molecule has 1 aromatic rings. The first-order chi connectivity index (χ1) is 8.96. The number of aliphatic hydroxyl groups is 1. The van der Waals surface area contributed by atoms with Gasteiger partial charge in [-0.25, -0.2) is 8.42 Å². The first-order valence-electron chi connectivity index (χ1n) is 6.01. The Morgan fingerprint density at radius 1 is 1.32 bits per heavy atom. The highest BCUT2D eigenvalue weighted by atomic mass is 32.2. The van der Waals surface area contributed by atoms with Crippen LogP contribution in [0.15, 0.2) is 23.1 Å². The lowest BCUT2D eigenvalue weighted by Gasteiger charge is -2.26. The number of sulfonamides is 1. The summed E-state index contributed by atoms with van der Waals surface area (Å²) in [5.74, 6) is 0.774. The lowest BCUT2D eigenvalue weighted by molar-refractivity contribution is 0.280. The molecule has 1 heterocycles. The topological polar surface area (TPSA) is 74.7 Å². The molecular weight excluding hydrogens is 286 g/mol. The van der Waals surface area contributed by atoms with Crippen molar-refractivity contribution in [2.45, 2.75) is 18.4 Å². The van der Waals surface area contributed by atoms with Gasteiger partial charge in [0.05, 0.1) is 11.5 Å². The summed E-state index contributed by atoms with van der Waals surface area (Å²) in [5, 5.41) is 9.21. The lowest BCUT2D eigenvalue weighted by Crippen LogP contribution is -2.41. The van der Waals surface area contributed by atoms with Crippen LogP contribution >= 0.6 is 0 Å². The molecule has 0 atom stereocenters. The maximum absolute atomic E-state index is 12.5. The van der Waals surface area contributed by atoms with Crippen molar-refractivity contribution in [2.24, 2.45) is 0 Å². The summed E-state index contributed by atoms with van der Waals surface area (Å²) in [6.45, 7) is 2.09. The van der Waals surface area contributed by atoms with E-state index >= 15 is 0 Å². The predicted octanol–water partition coefficient (Wildman–Crippen LogP) is 0.240. The van der Waals surface area contributed by atoms with Gasteiger partial charge in [0.25, 0.3) is 0 Å². The first kappa shape index (κ1) is 14.6. The average molecular weight is 303 g/mol. The van der Waals surface area contributed by atoms with Crippen LogP contribution in [0, 0.1) is 6.92 Å². The summed E-state index contributed by atoms with van der Waals surface area (Å²) >= 11 is 0. The molecule has 1 aliphatic rings. The van der Waals surface area contributed by atoms with Gasteiger partial charge in [0.2, 0.25) is 10.0 Å². The van der Waals surface area contributed by atoms with Gasteiger partial charge in [0, 0.05) is 35.4 Å². The summed E-state index contributed by atoms with van der Waals surface area (Å²) in [4.78, 5) is 0.228. The van der Waals surface area contributed by atoms with Gasteiger partial charge in [-0.2, -0.15) is 4.31 Å². The van der Waals surface area contributed by atoms with Crippen LogP contribution in [0.25, 0.3) is 0 Å². The highest BCUT2D eigenvalue weighted by Crippen LogP contribution is 2.23. The summed E-state index contributed by atoms with van der Waals surface area (Å²) in [6, 6.07) is 4.89. The smallest absolute Gasteiger partial charge is 0.243 e. The fourth-order valence-corrected chi connectivity index (χ4v) is 5.10. The minimum Gasteiger partial charge on any atom is -0.392 e. The van der Waals surface area contributed by atoms with Crippen LogP contribution in [-0.4, -0.2) is 46.6 Å². The van der Waals surface area contributed by atoms with Crippen molar-refractivity contribution >= 4 is 20.8 Å². The van der Waals surface area contributed by atoms with Crippen molar-refractivity contribution in [3.8, 4) is 0 Å². The van der Waals surface area contributed by atoms with Crippen LogP contribution in [0.1, 0.15) is 11.1 Å². The maximum Gasteiger partial charge on any atom is 0.243 e. The Hall–Kier alpha value is -0.760. The molecule has 0 unspecified atom stereocenters. The average Bonchev–Trinajstić information content (AvgIpc) is 2.39. The molecule has 1 aromatic carbocycles. The number of rotatable bonds is 3. The van der Waals surface area contributed by atoms with E-state index in [1.807, 2.05) is 0 Å². The van der Waals surface area contributed by atoms with Crippen molar-refractivity contribution in [1.29, 1.82) is 0 Å². The van der Waals surface area contributed by atoms with Gasteiger partial charge in [-0.05, 0) is 24.1 Å². The molecule has 0 saturated carbocycles. The molecule has 7 heteroatoms. The summed E-state index contributed by atoms with van der Waals surface area (Å²) in [7, 11) is -4.47. The van der Waals surface area contributed by atoms with Crippen LogP contribution in [-0.2, 0) is 27.4 Å². The number of hydrogen-bond donors (Lipinski definition) is 1. The summed E-state index contributed by atoms with van der Waals surface area (Å²) in [6.07, 6.45) is 0. The molecule has 1 saturated heterocycles. The second-order valence-corrected chi connectivity index (χ2v) is 8.05. The van der Waals surface area contributed by atoms with Gasteiger partial charge in [-0.1, -0.05) is 12.1 Å². The quantitative estimate of drug-likeness (QED) is 0.868. The van der Waals surface area contributed by atoms with E-state index in [-0.39, 0.29) is 24.6 Å². The Balaban J connectivity index is 2.37. The van der Waals surface area contributed by atoms with E-state index in [2.05, 4.69) is 0 Å². The van der Waals surface area contributed by atoms with Crippen LogP contribution in [0.2, 0.25) is 0 Å². The Morgan fingerprint density at radius 3 is 2.53 bits per heavy atom. The number of aliphatic hydroxyl groups excluding tert-OH is 1. The minimum absolute atomic E-state index is 0.181. The van der Waals surface area contributed by atoms with Crippen molar-refractivity contribution in [3.63, 3.8) is 0 Å². The molecule has 1 N–H and O–H groups in total. The Labute approximate surface area is 115 Å².